The van der Waals surface area contributed by atoms with E-state index in [0.717, 1.165) is 16.5 Å². The lowest BCUT2D eigenvalue weighted by Gasteiger charge is -2.36. The Hall–Kier alpha value is -4.40. The summed E-state index contributed by atoms with van der Waals surface area (Å²) in [6, 6.07) is 15.2. The van der Waals surface area contributed by atoms with Gasteiger partial charge in [0.15, 0.2) is 11.5 Å². The van der Waals surface area contributed by atoms with Crippen molar-refractivity contribution in [3.8, 4) is 17.2 Å². The number of hydrogen-bond acceptors (Lipinski definition) is 6. The van der Waals surface area contributed by atoms with E-state index in [0.29, 0.717) is 60.9 Å². The van der Waals surface area contributed by atoms with Crippen LogP contribution in [0.15, 0.2) is 65.6 Å². The Morgan fingerprint density at radius 1 is 1.05 bits per heavy atom. The van der Waals surface area contributed by atoms with Gasteiger partial charge in [0.25, 0.3) is 5.56 Å². The largest absolute Gasteiger partial charge is 0.486 e. The summed E-state index contributed by atoms with van der Waals surface area (Å²) < 4.78 is 32.8. The van der Waals surface area contributed by atoms with Crippen LogP contribution in [-0.4, -0.2) is 45.4 Å². The number of ether oxygens (including phenoxy) is 3. The maximum atomic E-state index is 14.1. The lowest BCUT2D eigenvalue weighted by atomic mass is 9.87. The SMILES string of the molecule is CC(C)(C)OC(=O)N(Cc1cc2c(cn1)OCCO2)[C@H]1CCc2cc(-n3c(=O)ccc4ccc(F)cc43)ccc2C1. The van der Waals surface area contributed by atoms with Gasteiger partial charge >= 0.3 is 6.09 Å². The highest BCUT2D eigenvalue weighted by Crippen LogP contribution is 2.32. The predicted octanol–water partition coefficient (Wildman–Crippen LogP) is 5.59. The fraction of sp³-hybridized carbons (Fsp3) is 0.344. The van der Waals surface area contributed by atoms with E-state index in [9.17, 15) is 14.0 Å². The third-order valence-corrected chi connectivity index (χ3v) is 7.40. The molecule has 41 heavy (non-hydrogen) atoms. The summed E-state index contributed by atoms with van der Waals surface area (Å²) >= 11 is 0. The molecule has 1 aliphatic carbocycles. The van der Waals surface area contributed by atoms with Crippen LogP contribution in [-0.2, 0) is 24.1 Å². The fourth-order valence-corrected chi connectivity index (χ4v) is 5.51. The van der Waals surface area contributed by atoms with E-state index >= 15 is 0 Å². The summed E-state index contributed by atoms with van der Waals surface area (Å²) in [4.78, 5) is 32.6. The number of rotatable bonds is 4. The number of pyridine rings is 2. The van der Waals surface area contributed by atoms with Crippen molar-refractivity contribution in [3.63, 3.8) is 0 Å². The number of hydrogen-bond donors (Lipinski definition) is 0. The van der Waals surface area contributed by atoms with Crippen LogP contribution in [0, 0.1) is 5.82 Å². The average Bonchev–Trinajstić information content (AvgIpc) is 2.94. The summed E-state index contributed by atoms with van der Waals surface area (Å²) in [5.74, 6) is 0.821. The monoisotopic (exact) mass is 557 g/mol. The first-order valence-corrected chi connectivity index (χ1v) is 13.8. The minimum Gasteiger partial charge on any atom is -0.486 e. The van der Waals surface area contributed by atoms with Crippen LogP contribution in [0.4, 0.5) is 9.18 Å². The van der Waals surface area contributed by atoms with E-state index in [1.54, 1.807) is 27.8 Å². The Kier molecular flexibility index (Phi) is 6.89. The number of nitrogens with zero attached hydrogens (tertiary/aromatic N) is 3. The second-order valence-corrected chi connectivity index (χ2v) is 11.5. The molecular weight excluding hydrogens is 525 g/mol. The predicted molar refractivity (Wildman–Crippen MR) is 152 cm³/mol. The minimum absolute atomic E-state index is 0.118. The summed E-state index contributed by atoms with van der Waals surface area (Å²) in [5.41, 5.74) is 3.21. The second kappa shape index (κ2) is 10.5. The van der Waals surface area contributed by atoms with E-state index in [-0.39, 0.29) is 18.1 Å². The van der Waals surface area contributed by atoms with Gasteiger partial charge in [-0.3, -0.25) is 19.2 Å². The Labute approximate surface area is 237 Å². The molecule has 2 aromatic carbocycles. The molecule has 212 valence electrons. The normalized spacial score (nSPS) is 16.2. The molecule has 0 saturated heterocycles. The average molecular weight is 558 g/mol. The Balaban J connectivity index is 1.29. The van der Waals surface area contributed by atoms with Gasteiger partial charge in [-0.1, -0.05) is 6.07 Å². The molecule has 0 spiro atoms. The van der Waals surface area contributed by atoms with Gasteiger partial charge in [0.2, 0.25) is 0 Å². The molecule has 0 unspecified atom stereocenters. The molecule has 2 aromatic heterocycles. The van der Waals surface area contributed by atoms with Crippen molar-refractivity contribution in [3.05, 3.63) is 93.8 Å². The van der Waals surface area contributed by atoms with Gasteiger partial charge in [-0.05, 0) is 92.9 Å². The van der Waals surface area contributed by atoms with E-state index in [2.05, 4.69) is 4.98 Å². The molecule has 4 aromatic rings. The molecule has 0 saturated carbocycles. The Morgan fingerprint density at radius 2 is 1.83 bits per heavy atom. The van der Waals surface area contributed by atoms with Gasteiger partial charge in [-0.25, -0.2) is 9.18 Å². The molecule has 0 radical (unpaired) electrons. The molecule has 3 heterocycles. The van der Waals surface area contributed by atoms with E-state index < -0.39 is 17.5 Å². The lowest BCUT2D eigenvalue weighted by Crippen LogP contribution is -2.45. The Morgan fingerprint density at radius 3 is 2.63 bits per heavy atom. The maximum absolute atomic E-state index is 14.1. The van der Waals surface area contributed by atoms with E-state index in [4.69, 9.17) is 14.2 Å². The van der Waals surface area contributed by atoms with Crippen molar-refractivity contribution in [1.82, 2.24) is 14.5 Å². The summed E-state index contributed by atoms with van der Waals surface area (Å²) in [6.45, 7) is 6.76. The minimum atomic E-state index is -0.651. The zero-order valence-corrected chi connectivity index (χ0v) is 23.4. The molecule has 8 nitrogen and oxygen atoms in total. The van der Waals surface area contributed by atoms with Crippen molar-refractivity contribution in [1.29, 1.82) is 0 Å². The zero-order chi connectivity index (χ0) is 28.7. The highest BCUT2D eigenvalue weighted by molar-refractivity contribution is 5.80. The number of aryl methyl sites for hydroxylation is 1. The third-order valence-electron chi connectivity index (χ3n) is 7.40. The summed E-state index contributed by atoms with van der Waals surface area (Å²) in [5, 5.41) is 0.782. The smallest absolute Gasteiger partial charge is 0.410 e. The topological polar surface area (TPSA) is 82.9 Å². The van der Waals surface area contributed by atoms with Crippen LogP contribution in [0.2, 0.25) is 0 Å². The van der Waals surface area contributed by atoms with Crippen molar-refractivity contribution in [2.75, 3.05) is 13.2 Å². The Bertz CT molecular complexity index is 1690. The molecule has 6 rings (SSSR count). The number of carbonyl (C=O) groups is 1. The number of carbonyl (C=O) groups excluding carboxylic acids is 1. The number of halogens is 1. The first-order chi connectivity index (χ1) is 19.6. The molecule has 1 aliphatic heterocycles. The molecule has 9 heteroatoms. The molecule has 0 bridgehead atoms. The fourth-order valence-electron chi connectivity index (χ4n) is 5.51. The zero-order valence-electron chi connectivity index (χ0n) is 23.4. The molecular formula is C32H32FN3O5. The van der Waals surface area contributed by atoms with Crippen LogP contribution in [0.1, 0.15) is 44.0 Å². The molecule has 0 fully saturated rings. The highest BCUT2D eigenvalue weighted by atomic mass is 19.1. The van der Waals surface area contributed by atoms with Crippen molar-refractivity contribution in [2.24, 2.45) is 0 Å². The first-order valence-electron chi connectivity index (χ1n) is 13.8. The van der Waals surface area contributed by atoms with Gasteiger partial charge < -0.3 is 14.2 Å². The molecule has 0 N–H and O–H groups in total. The lowest BCUT2D eigenvalue weighted by molar-refractivity contribution is 0.0121. The first kappa shape index (κ1) is 26.8. The van der Waals surface area contributed by atoms with Gasteiger partial charge in [0.1, 0.15) is 24.6 Å². The van der Waals surface area contributed by atoms with Gasteiger partial charge in [0.05, 0.1) is 24.0 Å². The maximum Gasteiger partial charge on any atom is 0.410 e. The number of amides is 1. The van der Waals surface area contributed by atoms with Crippen LogP contribution in [0.25, 0.3) is 16.6 Å². The van der Waals surface area contributed by atoms with E-state index in [1.807, 2.05) is 45.0 Å². The number of benzene rings is 2. The molecule has 1 amide bonds. The summed E-state index contributed by atoms with van der Waals surface area (Å²) in [6.07, 6.45) is 3.27. The van der Waals surface area contributed by atoms with Crippen molar-refractivity contribution in [2.45, 2.75) is 58.2 Å². The van der Waals surface area contributed by atoms with Crippen molar-refractivity contribution < 1.29 is 23.4 Å². The second-order valence-electron chi connectivity index (χ2n) is 11.5. The van der Waals surface area contributed by atoms with Crippen LogP contribution >= 0.6 is 0 Å². The van der Waals surface area contributed by atoms with Crippen LogP contribution in [0.3, 0.4) is 0 Å². The highest BCUT2D eigenvalue weighted by Gasteiger charge is 2.32. The van der Waals surface area contributed by atoms with Gasteiger partial charge in [-0.15, -0.1) is 0 Å². The quantitative estimate of drug-likeness (QED) is 0.325. The van der Waals surface area contributed by atoms with Gasteiger partial charge in [0, 0.05) is 23.9 Å². The number of aromatic nitrogens is 2. The van der Waals surface area contributed by atoms with E-state index in [1.165, 1.54) is 18.2 Å². The standard InChI is InChI=1S/C32H32FN3O5/c1-32(2,3)41-31(38)35(19-24-17-28-29(18-34-24)40-13-12-39-28)25-9-5-22-15-26(10-6-21(22)14-25)36-27-16-23(33)8-4-20(27)7-11-30(36)37/h4,6-8,10-11,15-18,25H,5,9,12-14,19H2,1-3H3/t25-/m0/s1. The third kappa shape index (κ3) is 5.62. The molecule has 1 atom stereocenters. The van der Waals surface area contributed by atoms with Crippen molar-refractivity contribution >= 4 is 17.0 Å². The molecule has 2 aliphatic rings. The van der Waals surface area contributed by atoms with Crippen LogP contribution < -0.4 is 15.0 Å². The van der Waals surface area contributed by atoms with Crippen LogP contribution in [0.5, 0.6) is 11.5 Å². The van der Waals surface area contributed by atoms with Gasteiger partial charge in [-0.2, -0.15) is 0 Å². The number of fused-ring (bicyclic) bond motifs is 3. The summed E-state index contributed by atoms with van der Waals surface area (Å²) in [7, 11) is 0.